The van der Waals surface area contributed by atoms with Gasteiger partial charge in [-0.15, -0.1) is 0 Å². The molecule has 1 atom stereocenters. The molecule has 1 saturated carbocycles. The van der Waals surface area contributed by atoms with Crippen LogP contribution in [-0.2, 0) is 0 Å². The number of hydrogen-bond donors (Lipinski definition) is 1. The number of pyridine rings is 3. The van der Waals surface area contributed by atoms with Crippen LogP contribution >= 0.6 is 0 Å². The van der Waals surface area contributed by atoms with E-state index >= 15 is 0 Å². The van der Waals surface area contributed by atoms with Gasteiger partial charge in [0.1, 0.15) is 12.1 Å². The maximum absolute atomic E-state index is 4.94. The molecule has 0 spiro atoms. The fraction of sp³-hybridized carbons (Fsp3) is 0.393. The molecule has 0 amide bonds. The summed E-state index contributed by atoms with van der Waals surface area (Å²) < 4.78 is 0. The van der Waals surface area contributed by atoms with Crippen LogP contribution in [0, 0.1) is 12.8 Å². The monoisotopic (exact) mass is 465 g/mol. The van der Waals surface area contributed by atoms with Gasteiger partial charge in [-0.1, -0.05) is 6.92 Å². The summed E-state index contributed by atoms with van der Waals surface area (Å²) >= 11 is 0. The number of nitrogens with zero attached hydrogens (tertiary/aromatic N) is 6. The third kappa shape index (κ3) is 4.43. The Balaban J connectivity index is 1.47. The highest BCUT2D eigenvalue weighted by Crippen LogP contribution is 2.44. The molecule has 7 nitrogen and oxygen atoms in total. The normalized spacial score (nSPS) is 18.5. The van der Waals surface area contributed by atoms with E-state index in [1.165, 1.54) is 43.4 Å². The smallest absolute Gasteiger partial charge is 0.161 e. The lowest BCUT2D eigenvalue weighted by Crippen LogP contribution is -2.25. The molecule has 4 aromatic heterocycles. The van der Waals surface area contributed by atoms with Gasteiger partial charge in [0.15, 0.2) is 5.65 Å². The number of nitrogens with one attached hydrogen (secondary N) is 1. The van der Waals surface area contributed by atoms with Crippen LogP contribution in [0.15, 0.2) is 49.3 Å². The molecule has 1 aliphatic heterocycles. The average molecular weight is 466 g/mol. The van der Waals surface area contributed by atoms with Crippen LogP contribution in [0.4, 0.5) is 17.2 Å². The number of anilines is 3. The molecular weight excluding hydrogens is 434 g/mol. The van der Waals surface area contributed by atoms with Crippen molar-refractivity contribution in [3.8, 4) is 11.1 Å². The first-order valence-corrected chi connectivity index (χ1v) is 12.7. The van der Waals surface area contributed by atoms with Gasteiger partial charge in [-0.05, 0) is 62.6 Å². The van der Waals surface area contributed by atoms with Gasteiger partial charge in [0.2, 0.25) is 0 Å². The number of rotatable bonds is 5. The third-order valence-electron chi connectivity index (χ3n) is 7.37. The molecule has 0 radical (unpaired) electrons. The fourth-order valence-electron chi connectivity index (χ4n) is 5.14. The van der Waals surface area contributed by atoms with Gasteiger partial charge in [-0.2, -0.15) is 0 Å². The summed E-state index contributed by atoms with van der Waals surface area (Å²) in [7, 11) is 0. The summed E-state index contributed by atoms with van der Waals surface area (Å²) in [4.78, 5) is 25.4. The van der Waals surface area contributed by atoms with Crippen LogP contribution in [-0.4, -0.2) is 38.0 Å². The van der Waals surface area contributed by atoms with Crippen molar-refractivity contribution in [2.45, 2.75) is 51.9 Å². The summed E-state index contributed by atoms with van der Waals surface area (Å²) in [6.45, 7) is 6.61. The molecule has 178 valence electrons. The van der Waals surface area contributed by atoms with Crippen molar-refractivity contribution in [1.82, 2.24) is 24.9 Å². The minimum Gasteiger partial charge on any atom is -0.357 e. The van der Waals surface area contributed by atoms with Crippen LogP contribution in [0.2, 0.25) is 0 Å². The summed E-state index contributed by atoms with van der Waals surface area (Å²) in [6.07, 6.45) is 15.1. The van der Waals surface area contributed by atoms with Crippen molar-refractivity contribution in [2.24, 2.45) is 5.92 Å². The molecule has 35 heavy (non-hydrogen) atoms. The molecule has 0 bridgehead atoms. The minimum atomic E-state index is 0.538. The molecule has 1 aliphatic carbocycles. The van der Waals surface area contributed by atoms with Crippen molar-refractivity contribution in [3.05, 3.63) is 60.6 Å². The van der Waals surface area contributed by atoms with E-state index in [2.05, 4.69) is 51.1 Å². The third-order valence-corrected chi connectivity index (χ3v) is 7.37. The molecule has 4 aromatic rings. The van der Waals surface area contributed by atoms with Crippen LogP contribution in [0.1, 0.15) is 56.2 Å². The highest BCUT2D eigenvalue weighted by atomic mass is 15.2. The molecule has 0 aromatic carbocycles. The Morgan fingerprint density at radius 2 is 1.86 bits per heavy atom. The van der Waals surface area contributed by atoms with E-state index in [4.69, 9.17) is 9.97 Å². The van der Waals surface area contributed by atoms with E-state index in [0.29, 0.717) is 5.92 Å². The fourth-order valence-corrected chi connectivity index (χ4v) is 5.14. The Bertz CT molecular complexity index is 1350. The van der Waals surface area contributed by atoms with Gasteiger partial charge in [0.25, 0.3) is 0 Å². The van der Waals surface area contributed by atoms with E-state index < -0.39 is 0 Å². The number of hydrogen-bond acceptors (Lipinski definition) is 7. The minimum absolute atomic E-state index is 0.538. The quantitative estimate of drug-likeness (QED) is 0.385. The van der Waals surface area contributed by atoms with Gasteiger partial charge in [0.05, 0.1) is 17.1 Å². The Morgan fingerprint density at radius 3 is 2.69 bits per heavy atom. The largest absolute Gasteiger partial charge is 0.357 e. The van der Waals surface area contributed by atoms with Gasteiger partial charge in [-0.25, -0.2) is 24.9 Å². The number of fused-ring (bicyclic) bond motifs is 1. The SMILES string of the molecule is Cc1c(C2CC2)nc2ncccc2c1Nc1cc(N2CCCC(C)CC2)ncc1-c1cncnc1. The molecule has 1 N–H and O–H groups in total. The molecule has 1 saturated heterocycles. The van der Waals surface area contributed by atoms with E-state index in [0.717, 1.165) is 58.4 Å². The summed E-state index contributed by atoms with van der Waals surface area (Å²) in [6, 6.07) is 6.27. The Hall–Kier alpha value is -3.61. The standard InChI is InChI=1S/C28H31N7/c1-18-5-4-11-35(12-9-18)25-13-24(23(16-32-25)21-14-29-17-30-15-21)33-27-19(2)26(20-7-8-20)34-28-22(27)6-3-10-31-28/h3,6,10,13-18,20H,4-5,7-9,11-12H2,1-2H3,(H,31,32,33,34). The second kappa shape index (κ2) is 9.21. The first-order valence-electron chi connectivity index (χ1n) is 12.7. The van der Waals surface area contributed by atoms with Gasteiger partial charge in [-0.3, -0.25) is 0 Å². The van der Waals surface area contributed by atoms with Crippen molar-refractivity contribution >= 4 is 28.2 Å². The lowest BCUT2D eigenvalue weighted by atomic mass is 10.0. The van der Waals surface area contributed by atoms with E-state index in [1.807, 2.05) is 30.9 Å². The van der Waals surface area contributed by atoms with Gasteiger partial charge >= 0.3 is 0 Å². The van der Waals surface area contributed by atoms with Gasteiger partial charge < -0.3 is 10.2 Å². The highest BCUT2D eigenvalue weighted by Gasteiger charge is 2.29. The molecule has 7 heteroatoms. The van der Waals surface area contributed by atoms with Crippen molar-refractivity contribution in [3.63, 3.8) is 0 Å². The van der Waals surface area contributed by atoms with Crippen LogP contribution < -0.4 is 10.2 Å². The molecule has 5 heterocycles. The number of aromatic nitrogens is 5. The molecule has 1 unspecified atom stereocenters. The topological polar surface area (TPSA) is 79.7 Å². The van der Waals surface area contributed by atoms with Crippen molar-refractivity contribution in [1.29, 1.82) is 0 Å². The van der Waals surface area contributed by atoms with Gasteiger partial charge in [0, 0.05) is 66.4 Å². The van der Waals surface area contributed by atoms with Crippen LogP contribution in [0.3, 0.4) is 0 Å². The summed E-state index contributed by atoms with van der Waals surface area (Å²) in [5.41, 5.74) is 7.16. The van der Waals surface area contributed by atoms with E-state index in [1.54, 1.807) is 6.33 Å². The molecular formula is C28H31N7. The zero-order chi connectivity index (χ0) is 23.8. The van der Waals surface area contributed by atoms with Crippen LogP contribution in [0.5, 0.6) is 0 Å². The summed E-state index contributed by atoms with van der Waals surface area (Å²) in [5.74, 6) is 2.31. The van der Waals surface area contributed by atoms with E-state index in [-0.39, 0.29) is 0 Å². The summed E-state index contributed by atoms with van der Waals surface area (Å²) in [5, 5.41) is 4.84. The Kier molecular flexibility index (Phi) is 5.76. The second-order valence-corrected chi connectivity index (χ2v) is 10.0. The average Bonchev–Trinajstić information content (AvgIpc) is 3.75. The first kappa shape index (κ1) is 21.9. The predicted octanol–water partition coefficient (Wildman–Crippen LogP) is 6.04. The van der Waals surface area contributed by atoms with Crippen LogP contribution in [0.25, 0.3) is 22.2 Å². The zero-order valence-electron chi connectivity index (χ0n) is 20.4. The van der Waals surface area contributed by atoms with Crippen molar-refractivity contribution < 1.29 is 0 Å². The first-order chi connectivity index (χ1) is 17.2. The lowest BCUT2D eigenvalue weighted by Gasteiger charge is -2.24. The zero-order valence-corrected chi connectivity index (χ0v) is 20.4. The highest BCUT2D eigenvalue weighted by molar-refractivity contribution is 5.95. The Morgan fingerprint density at radius 1 is 1.00 bits per heavy atom. The molecule has 2 aliphatic rings. The van der Waals surface area contributed by atoms with Crippen molar-refractivity contribution in [2.75, 3.05) is 23.3 Å². The Labute approximate surface area is 206 Å². The predicted molar refractivity (Wildman–Crippen MR) is 140 cm³/mol. The maximum Gasteiger partial charge on any atom is 0.161 e. The molecule has 6 rings (SSSR count). The lowest BCUT2D eigenvalue weighted by molar-refractivity contribution is 0.521. The van der Waals surface area contributed by atoms with E-state index in [9.17, 15) is 0 Å². The molecule has 2 fully saturated rings. The maximum atomic E-state index is 4.94. The second-order valence-electron chi connectivity index (χ2n) is 10.0.